The van der Waals surface area contributed by atoms with Crippen LogP contribution >= 0.6 is 0 Å². The van der Waals surface area contributed by atoms with Crippen LogP contribution in [0.1, 0.15) is 33.0 Å². The Hall–Kier alpha value is -1.42. The largest absolute Gasteiger partial charge is 0.327 e. The second-order valence-corrected chi connectivity index (χ2v) is 6.16. The zero-order chi connectivity index (χ0) is 13.3. The minimum atomic E-state index is 0.139. The molecule has 2 aromatic heterocycles. The number of imidazole rings is 1. The highest BCUT2D eigenvalue weighted by molar-refractivity contribution is 5.70. The normalized spacial score (nSPS) is 14.1. The summed E-state index contributed by atoms with van der Waals surface area (Å²) in [5.74, 6) is 1.01. The molecular formula is C14H22N4. The first kappa shape index (κ1) is 13.0. The molecule has 0 saturated heterocycles. The smallest absolute Gasteiger partial charge is 0.159 e. The van der Waals surface area contributed by atoms with Crippen molar-refractivity contribution in [3.63, 3.8) is 0 Å². The van der Waals surface area contributed by atoms with E-state index in [4.69, 9.17) is 5.73 Å². The van der Waals surface area contributed by atoms with Crippen molar-refractivity contribution in [1.82, 2.24) is 14.5 Å². The molecule has 0 aliphatic heterocycles. The molecule has 0 fully saturated rings. The van der Waals surface area contributed by atoms with Gasteiger partial charge in [0.1, 0.15) is 11.3 Å². The van der Waals surface area contributed by atoms with E-state index in [0.717, 1.165) is 29.8 Å². The number of nitrogens with zero attached hydrogens (tertiary/aromatic N) is 3. The number of aromatic nitrogens is 3. The zero-order valence-electron chi connectivity index (χ0n) is 11.6. The molecule has 0 saturated carbocycles. The third-order valence-corrected chi connectivity index (χ3v) is 3.04. The molecule has 0 aromatic carbocycles. The summed E-state index contributed by atoms with van der Waals surface area (Å²) in [4.78, 5) is 8.95. The fraction of sp³-hybridized carbons (Fsp3) is 0.571. The van der Waals surface area contributed by atoms with Crippen molar-refractivity contribution in [2.24, 2.45) is 18.2 Å². The molecule has 4 heteroatoms. The van der Waals surface area contributed by atoms with Crippen molar-refractivity contribution in [3.05, 3.63) is 24.2 Å². The summed E-state index contributed by atoms with van der Waals surface area (Å²) < 4.78 is 2.04. The van der Waals surface area contributed by atoms with Crippen LogP contribution in [0.25, 0.3) is 11.2 Å². The van der Waals surface area contributed by atoms with Crippen molar-refractivity contribution >= 4 is 11.2 Å². The van der Waals surface area contributed by atoms with Gasteiger partial charge < -0.3 is 10.3 Å². The summed E-state index contributed by atoms with van der Waals surface area (Å²) in [5.41, 5.74) is 8.33. The summed E-state index contributed by atoms with van der Waals surface area (Å²) in [7, 11) is 2.00. The van der Waals surface area contributed by atoms with E-state index in [-0.39, 0.29) is 11.5 Å². The fourth-order valence-corrected chi connectivity index (χ4v) is 2.35. The van der Waals surface area contributed by atoms with Gasteiger partial charge >= 0.3 is 0 Å². The summed E-state index contributed by atoms with van der Waals surface area (Å²) >= 11 is 0. The van der Waals surface area contributed by atoms with Crippen LogP contribution in [-0.2, 0) is 13.5 Å². The molecule has 1 atom stereocenters. The highest BCUT2D eigenvalue weighted by Gasteiger charge is 2.18. The Morgan fingerprint density at radius 1 is 1.39 bits per heavy atom. The van der Waals surface area contributed by atoms with Crippen LogP contribution in [0.3, 0.4) is 0 Å². The lowest BCUT2D eigenvalue weighted by molar-refractivity contribution is 0.335. The van der Waals surface area contributed by atoms with Gasteiger partial charge in [-0.3, -0.25) is 0 Å². The van der Waals surface area contributed by atoms with E-state index in [1.54, 1.807) is 6.20 Å². The summed E-state index contributed by atoms with van der Waals surface area (Å²) in [6.45, 7) is 6.63. The molecule has 4 nitrogen and oxygen atoms in total. The van der Waals surface area contributed by atoms with Gasteiger partial charge in [-0.15, -0.1) is 0 Å². The van der Waals surface area contributed by atoms with Gasteiger partial charge in [-0.25, -0.2) is 9.97 Å². The maximum absolute atomic E-state index is 6.21. The lowest BCUT2D eigenvalue weighted by Gasteiger charge is -2.22. The molecule has 0 bridgehead atoms. The number of hydrogen-bond acceptors (Lipinski definition) is 3. The maximum atomic E-state index is 6.21. The van der Waals surface area contributed by atoms with Crippen LogP contribution in [0.15, 0.2) is 18.3 Å². The van der Waals surface area contributed by atoms with E-state index < -0.39 is 0 Å². The molecule has 0 radical (unpaired) electrons. The van der Waals surface area contributed by atoms with Crippen LogP contribution in [0.2, 0.25) is 0 Å². The quantitative estimate of drug-likeness (QED) is 0.904. The van der Waals surface area contributed by atoms with Crippen molar-refractivity contribution in [2.75, 3.05) is 0 Å². The Bertz CT molecular complexity index is 536. The summed E-state index contributed by atoms with van der Waals surface area (Å²) in [5, 5.41) is 0. The van der Waals surface area contributed by atoms with Gasteiger partial charge in [0.05, 0.1) is 0 Å². The number of fused-ring (bicyclic) bond motifs is 1. The minimum Gasteiger partial charge on any atom is -0.327 e. The van der Waals surface area contributed by atoms with Gasteiger partial charge in [-0.1, -0.05) is 20.8 Å². The topological polar surface area (TPSA) is 56.7 Å². The molecule has 1 unspecified atom stereocenters. The maximum Gasteiger partial charge on any atom is 0.159 e. The Kier molecular flexibility index (Phi) is 3.39. The van der Waals surface area contributed by atoms with Gasteiger partial charge in [0.2, 0.25) is 0 Å². The van der Waals surface area contributed by atoms with E-state index in [1.165, 1.54) is 0 Å². The minimum absolute atomic E-state index is 0.139. The summed E-state index contributed by atoms with van der Waals surface area (Å²) in [6.07, 6.45) is 3.58. The van der Waals surface area contributed by atoms with Gasteiger partial charge in [-0.2, -0.15) is 0 Å². The molecule has 0 aliphatic rings. The number of pyridine rings is 1. The molecular weight excluding hydrogens is 224 g/mol. The number of nitrogens with two attached hydrogens (primary N) is 1. The third kappa shape index (κ3) is 2.88. The van der Waals surface area contributed by atoms with E-state index in [2.05, 4.69) is 30.7 Å². The van der Waals surface area contributed by atoms with Gasteiger partial charge in [0.15, 0.2) is 5.65 Å². The number of rotatable bonds is 3. The molecule has 18 heavy (non-hydrogen) atoms. The van der Waals surface area contributed by atoms with Gasteiger partial charge in [0.25, 0.3) is 0 Å². The molecule has 2 aromatic rings. The van der Waals surface area contributed by atoms with Gasteiger partial charge in [-0.05, 0) is 24.0 Å². The SMILES string of the molecule is Cn1c(CC(N)CC(C)(C)C)nc2cccnc21. The average molecular weight is 246 g/mol. The van der Waals surface area contributed by atoms with Crippen LogP contribution in [0, 0.1) is 5.41 Å². The fourth-order valence-electron chi connectivity index (χ4n) is 2.35. The van der Waals surface area contributed by atoms with Crippen molar-refractivity contribution in [1.29, 1.82) is 0 Å². The molecule has 2 rings (SSSR count). The molecule has 98 valence electrons. The Balaban J connectivity index is 2.19. The standard InChI is InChI=1S/C14H22N4/c1-14(2,3)9-10(15)8-12-17-11-6-5-7-16-13(11)18(12)4/h5-7,10H,8-9,15H2,1-4H3. The van der Waals surface area contributed by atoms with Crippen molar-refractivity contribution < 1.29 is 0 Å². The summed E-state index contributed by atoms with van der Waals surface area (Å²) in [6, 6.07) is 4.04. The van der Waals surface area contributed by atoms with Gasteiger partial charge in [0, 0.05) is 25.7 Å². The van der Waals surface area contributed by atoms with Crippen molar-refractivity contribution in [2.45, 2.75) is 39.7 Å². The van der Waals surface area contributed by atoms with E-state index >= 15 is 0 Å². The van der Waals surface area contributed by atoms with Crippen LogP contribution in [-0.4, -0.2) is 20.6 Å². The predicted octanol–water partition coefficient (Wildman–Crippen LogP) is 2.27. The third-order valence-electron chi connectivity index (χ3n) is 3.04. The number of aryl methyl sites for hydroxylation is 1. The van der Waals surface area contributed by atoms with Crippen molar-refractivity contribution in [3.8, 4) is 0 Å². The Labute approximate surface area is 108 Å². The number of hydrogen-bond donors (Lipinski definition) is 1. The average Bonchev–Trinajstić information content (AvgIpc) is 2.54. The highest BCUT2D eigenvalue weighted by atomic mass is 15.1. The van der Waals surface area contributed by atoms with Crippen LogP contribution in [0.5, 0.6) is 0 Å². The first-order valence-corrected chi connectivity index (χ1v) is 6.39. The second-order valence-electron chi connectivity index (χ2n) is 6.16. The lowest BCUT2D eigenvalue weighted by atomic mass is 9.87. The zero-order valence-corrected chi connectivity index (χ0v) is 11.6. The second kappa shape index (κ2) is 4.69. The molecule has 0 amide bonds. The first-order valence-electron chi connectivity index (χ1n) is 6.39. The van der Waals surface area contributed by atoms with E-state index in [1.807, 2.05) is 23.7 Å². The molecule has 0 aliphatic carbocycles. The van der Waals surface area contributed by atoms with Crippen LogP contribution < -0.4 is 5.73 Å². The lowest BCUT2D eigenvalue weighted by Crippen LogP contribution is -2.29. The predicted molar refractivity (Wildman–Crippen MR) is 74.3 cm³/mol. The Morgan fingerprint density at radius 2 is 2.11 bits per heavy atom. The molecule has 0 spiro atoms. The van der Waals surface area contributed by atoms with E-state index in [9.17, 15) is 0 Å². The first-order chi connectivity index (χ1) is 8.37. The molecule has 2 N–H and O–H groups in total. The molecule has 2 heterocycles. The monoisotopic (exact) mass is 246 g/mol. The van der Waals surface area contributed by atoms with E-state index in [0.29, 0.717) is 0 Å². The Morgan fingerprint density at radius 3 is 2.72 bits per heavy atom. The highest BCUT2D eigenvalue weighted by Crippen LogP contribution is 2.22. The van der Waals surface area contributed by atoms with Crippen LogP contribution in [0.4, 0.5) is 0 Å².